The van der Waals surface area contributed by atoms with Crippen molar-refractivity contribution in [2.45, 2.75) is 25.0 Å². The number of rotatable bonds is 6. The van der Waals surface area contributed by atoms with Gasteiger partial charge in [-0.2, -0.15) is 0 Å². The van der Waals surface area contributed by atoms with Crippen LogP contribution in [0.5, 0.6) is 0 Å². The third kappa shape index (κ3) is 5.19. The van der Waals surface area contributed by atoms with Gasteiger partial charge in [0.2, 0.25) is 10.0 Å². The maximum Gasteiger partial charge on any atom is 0.215 e. The molecular weight excluding hydrogens is 327 g/mol. The van der Waals surface area contributed by atoms with Gasteiger partial charge in [0.25, 0.3) is 0 Å². The topological polar surface area (TPSA) is 49.4 Å². The summed E-state index contributed by atoms with van der Waals surface area (Å²) in [6.45, 7) is 2.51. The summed E-state index contributed by atoms with van der Waals surface area (Å²) in [6, 6.07) is 4.17. The lowest BCUT2D eigenvalue weighted by Gasteiger charge is -2.28. The van der Waals surface area contributed by atoms with Crippen molar-refractivity contribution in [1.29, 1.82) is 0 Å². The molecule has 2 rings (SSSR count). The number of likely N-dealkylation sites (tertiary alicyclic amines) is 1. The number of hydrogen-bond acceptors (Lipinski definition) is 3. The molecule has 22 heavy (non-hydrogen) atoms. The number of hydrogen-bond donors (Lipinski definition) is 1. The number of halogens is 2. The van der Waals surface area contributed by atoms with Crippen LogP contribution in [0.15, 0.2) is 18.2 Å². The Morgan fingerprint density at radius 3 is 2.68 bits per heavy atom. The molecule has 1 aromatic rings. The van der Waals surface area contributed by atoms with Crippen molar-refractivity contribution in [3.05, 3.63) is 34.6 Å². The average Bonchev–Trinajstić information content (AvgIpc) is 2.45. The van der Waals surface area contributed by atoms with Gasteiger partial charge >= 0.3 is 0 Å². The Bertz CT molecular complexity index is 581. The van der Waals surface area contributed by atoms with Gasteiger partial charge in [-0.1, -0.05) is 17.7 Å². The normalized spacial score (nSPS) is 17.8. The van der Waals surface area contributed by atoms with Crippen LogP contribution >= 0.6 is 11.6 Å². The molecule has 4 nitrogen and oxygen atoms in total. The van der Waals surface area contributed by atoms with E-state index in [0.717, 1.165) is 32.4 Å². The molecule has 1 aliphatic rings. The second kappa shape index (κ2) is 7.73. The summed E-state index contributed by atoms with van der Waals surface area (Å²) in [6.07, 6.45) is 3.01. The third-order valence-electron chi connectivity index (χ3n) is 4.11. The molecule has 0 aliphatic carbocycles. The quantitative estimate of drug-likeness (QED) is 0.859. The molecular formula is C15H22ClFN2O2S. The molecule has 0 unspecified atom stereocenters. The molecule has 1 aliphatic heterocycles. The highest BCUT2D eigenvalue weighted by Crippen LogP contribution is 2.22. The fourth-order valence-electron chi connectivity index (χ4n) is 2.68. The summed E-state index contributed by atoms with van der Waals surface area (Å²) in [7, 11) is -1.48. The zero-order valence-corrected chi connectivity index (χ0v) is 14.3. The molecule has 0 aromatic heterocycles. The van der Waals surface area contributed by atoms with Crippen LogP contribution in [0.25, 0.3) is 0 Å². The summed E-state index contributed by atoms with van der Waals surface area (Å²) in [4.78, 5) is 2.28. The molecule has 1 saturated heterocycles. The summed E-state index contributed by atoms with van der Waals surface area (Å²) in [5, 5.41) is 0.140. The van der Waals surface area contributed by atoms with E-state index in [4.69, 9.17) is 11.6 Å². The fourth-order valence-corrected chi connectivity index (χ4v) is 4.19. The molecule has 7 heteroatoms. The zero-order valence-electron chi connectivity index (χ0n) is 12.7. The predicted octanol–water partition coefficient (Wildman–Crippen LogP) is 2.63. The number of piperidine rings is 1. The Kier molecular flexibility index (Phi) is 6.20. The molecule has 0 radical (unpaired) electrons. The average molecular weight is 349 g/mol. The predicted molar refractivity (Wildman–Crippen MR) is 86.9 cm³/mol. The minimum Gasteiger partial charge on any atom is -0.306 e. The van der Waals surface area contributed by atoms with Crippen LogP contribution in [0.2, 0.25) is 5.02 Å². The van der Waals surface area contributed by atoms with Gasteiger partial charge < -0.3 is 4.90 Å². The van der Waals surface area contributed by atoms with Crippen LogP contribution in [0.4, 0.5) is 4.39 Å². The first-order valence-electron chi connectivity index (χ1n) is 7.46. The van der Waals surface area contributed by atoms with Crippen LogP contribution in [-0.2, 0) is 15.8 Å². The van der Waals surface area contributed by atoms with E-state index >= 15 is 0 Å². The van der Waals surface area contributed by atoms with E-state index in [1.54, 1.807) is 0 Å². The van der Waals surface area contributed by atoms with E-state index < -0.39 is 21.6 Å². The van der Waals surface area contributed by atoms with Crippen LogP contribution in [-0.4, -0.2) is 40.0 Å². The molecule has 124 valence electrons. The summed E-state index contributed by atoms with van der Waals surface area (Å²) in [5.74, 6) is -0.463. The molecule has 1 aromatic carbocycles. The lowest BCUT2D eigenvalue weighted by atomic mass is 9.94. The minimum atomic E-state index is -3.58. The molecule has 1 N–H and O–H groups in total. The van der Waals surface area contributed by atoms with E-state index in [0.29, 0.717) is 12.5 Å². The van der Waals surface area contributed by atoms with Gasteiger partial charge in [0.05, 0.1) is 5.75 Å². The van der Waals surface area contributed by atoms with Gasteiger partial charge in [-0.05, 0) is 57.5 Å². The van der Waals surface area contributed by atoms with E-state index in [1.165, 1.54) is 18.2 Å². The van der Waals surface area contributed by atoms with Gasteiger partial charge in [0.15, 0.2) is 0 Å². The van der Waals surface area contributed by atoms with Crippen molar-refractivity contribution in [1.82, 2.24) is 9.62 Å². The Balaban J connectivity index is 1.84. The Morgan fingerprint density at radius 1 is 1.36 bits per heavy atom. The highest BCUT2D eigenvalue weighted by atomic mass is 35.5. The second-order valence-corrected chi connectivity index (χ2v) is 8.10. The summed E-state index contributed by atoms with van der Waals surface area (Å²) < 4.78 is 40.3. The maximum atomic E-state index is 13.6. The number of nitrogens with zero attached hydrogens (tertiary/aromatic N) is 1. The van der Waals surface area contributed by atoms with Crippen molar-refractivity contribution < 1.29 is 12.8 Å². The van der Waals surface area contributed by atoms with E-state index in [9.17, 15) is 12.8 Å². The largest absolute Gasteiger partial charge is 0.306 e. The number of sulfonamides is 1. The van der Waals surface area contributed by atoms with E-state index in [-0.39, 0.29) is 10.6 Å². The molecule has 0 bridgehead atoms. The van der Waals surface area contributed by atoms with Crippen molar-refractivity contribution in [3.63, 3.8) is 0 Å². The first-order valence-corrected chi connectivity index (χ1v) is 9.49. The van der Waals surface area contributed by atoms with Crippen LogP contribution in [0.1, 0.15) is 24.8 Å². The monoisotopic (exact) mass is 348 g/mol. The van der Waals surface area contributed by atoms with Crippen molar-refractivity contribution >= 4 is 21.6 Å². The first-order chi connectivity index (χ1) is 10.4. The highest BCUT2D eigenvalue weighted by Gasteiger charge is 2.19. The standard InChI is InChI=1S/C15H22ClFN2O2S/c1-19-9-6-12(7-10-19)5-8-18-22(20,21)11-13-14(16)3-2-4-15(13)17/h2-4,12,18H,5-11H2,1H3. The van der Waals surface area contributed by atoms with Gasteiger partial charge in [-0.15, -0.1) is 0 Å². The SMILES string of the molecule is CN1CCC(CCNS(=O)(=O)Cc2c(F)cccc2Cl)CC1. The number of nitrogens with one attached hydrogen (secondary N) is 1. The van der Waals surface area contributed by atoms with Gasteiger partial charge in [-0.3, -0.25) is 0 Å². The van der Waals surface area contributed by atoms with Gasteiger partial charge in [-0.25, -0.2) is 17.5 Å². The van der Waals surface area contributed by atoms with Crippen molar-refractivity contribution in [3.8, 4) is 0 Å². The van der Waals surface area contributed by atoms with Gasteiger partial charge in [0, 0.05) is 17.1 Å². The Labute approximate surface area is 136 Å². The van der Waals surface area contributed by atoms with E-state index in [1.807, 2.05) is 0 Å². The lowest BCUT2D eigenvalue weighted by Crippen LogP contribution is -2.33. The Morgan fingerprint density at radius 2 is 2.05 bits per heavy atom. The zero-order chi connectivity index (χ0) is 16.2. The highest BCUT2D eigenvalue weighted by molar-refractivity contribution is 7.88. The van der Waals surface area contributed by atoms with Crippen LogP contribution in [0.3, 0.4) is 0 Å². The molecule has 1 heterocycles. The van der Waals surface area contributed by atoms with E-state index in [2.05, 4.69) is 16.7 Å². The van der Waals surface area contributed by atoms with Crippen LogP contribution < -0.4 is 4.72 Å². The molecule has 0 amide bonds. The minimum absolute atomic E-state index is 0.0240. The van der Waals surface area contributed by atoms with Gasteiger partial charge in [0.1, 0.15) is 5.82 Å². The second-order valence-electron chi connectivity index (χ2n) is 5.89. The molecule has 0 saturated carbocycles. The molecule has 1 fully saturated rings. The van der Waals surface area contributed by atoms with Crippen molar-refractivity contribution in [2.75, 3.05) is 26.7 Å². The first kappa shape index (κ1) is 17.7. The summed E-state index contributed by atoms with van der Waals surface area (Å²) in [5.41, 5.74) is 0.0240. The smallest absolute Gasteiger partial charge is 0.215 e. The Hall–Kier alpha value is -0.690. The molecule has 0 atom stereocenters. The summed E-state index contributed by atoms with van der Waals surface area (Å²) >= 11 is 5.87. The lowest BCUT2D eigenvalue weighted by molar-refractivity contribution is 0.213. The maximum absolute atomic E-state index is 13.6. The number of benzene rings is 1. The fraction of sp³-hybridized carbons (Fsp3) is 0.600. The molecule has 0 spiro atoms. The third-order valence-corrected chi connectivity index (χ3v) is 5.78. The van der Waals surface area contributed by atoms with Crippen molar-refractivity contribution in [2.24, 2.45) is 5.92 Å². The van der Waals surface area contributed by atoms with Crippen LogP contribution in [0, 0.1) is 11.7 Å².